The lowest BCUT2D eigenvalue weighted by Crippen LogP contribution is -2.05. The smallest absolute Gasteiger partial charge is 0.428 e. The third kappa shape index (κ3) is 7.08. The second-order valence-corrected chi connectivity index (χ2v) is 3.42. The minimum Gasteiger partial charge on any atom is -0.428 e. The molecule has 1 N–H and O–H groups in total. The molecule has 0 aromatic rings. The molecule has 4 nitrogen and oxygen atoms in total. The van der Waals surface area contributed by atoms with Gasteiger partial charge in [0.15, 0.2) is 0 Å². The van der Waals surface area contributed by atoms with Crippen molar-refractivity contribution in [1.82, 2.24) is 0 Å². The van der Waals surface area contributed by atoms with Crippen LogP contribution in [0.15, 0.2) is 12.2 Å². The van der Waals surface area contributed by atoms with Crippen LogP contribution in [0.4, 0.5) is 4.79 Å². The lowest BCUT2D eigenvalue weighted by atomic mass is 9.96. The largest absolute Gasteiger partial charge is 0.540 e. The fourth-order valence-electron chi connectivity index (χ4n) is 0.544. The Balaban J connectivity index is 3.56. The molecule has 0 aliphatic carbocycles. The summed E-state index contributed by atoms with van der Waals surface area (Å²) in [6.07, 6.45) is 2.50. The highest BCUT2D eigenvalue weighted by Crippen LogP contribution is 2.13. The zero-order valence-electron chi connectivity index (χ0n) is 7.53. The number of carbonyl (C=O) groups excluding carboxylic acids is 1. The molecule has 0 atom stereocenters. The zero-order chi connectivity index (χ0) is 9.61. The number of rotatable bonds is 2. The van der Waals surface area contributed by atoms with E-state index in [2.05, 4.69) is 9.62 Å². The van der Waals surface area contributed by atoms with E-state index in [1.165, 1.54) is 0 Å². The van der Waals surface area contributed by atoms with Gasteiger partial charge in [-0.3, -0.25) is 4.89 Å². The van der Waals surface area contributed by atoms with Crippen molar-refractivity contribution in [2.45, 2.75) is 20.8 Å². The van der Waals surface area contributed by atoms with Gasteiger partial charge in [-0.05, 0) is 5.41 Å². The summed E-state index contributed by atoms with van der Waals surface area (Å²) in [6.45, 7) is 6.17. The fourth-order valence-corrected chi connectivity index (χ4v) is 0.544. The molecule has 0 fully saturated rings. The summed E-state index contributed by atoms with van der Waals surface area (Å²) in [5.41, 5.74) is 0.0620. The van der Waals surface area contributed by atoms with E-state index in [1.54, 1.807) is 6.08 Å². The summed E-state index contributed by atoms with van der Waals surface area (Å²) in [4.78, 5) is 13.5. The Bertz CT molecular complexity index is 166. The summed E-state index contributed by atoms with van der Waals surface area (Å²) in [5, 5.41) is 7.80. The first-order valence-electron chi connectivity index (χ1n) is 3.61. The van der Waals surface area contributed by atoms with Crippen LogP contribution in [0, 0.1) is 5.41 Å². The van der Waals surface area contributed by atoms with E-state index in [1.807, 2.05) is 26.8 Å². The molecule has 0 amide bonds. The van der Waals surface area contributed by atoms with Crippen LogP contribution in [0.25, 0.3) is 0 Å². The minimum absolute atomic E-state index is 0.0620. The van der Waals surface area contributed by atoms with Gasteiger partial charge in [0.05, 0.1) is 0 Å². The van der Waals surface area contributed by atoms with Crippen molar-refractivity contribution in [3.63, 3.8) is 0 Å². The molecule has 0 heterocycles. The molecule has 12 heavy (non-hydrogen) atoms. The van der Waals surface area contributed by atoms with Gasteiger partial charge in [0.2, 0.25) is 0 Å². The van der Waals surface area contributed by atoms with Gasteiger partial charge in [-0.2, -0.15) is 5.26 Å². The number of carbonyl (C=O) groups is 1. The molecule has 0 bridgehead atoms. The number of ether oxygens (including phenoxy) is 1. The topological polar surface area (TPSA) is 55.8 Å². The second kappa shape index (κ2) is 4.77. The van der Waals surface area contributed by atoms with Gasteiger partial charge in [-0.1, -0.05) is 32.9 Å². The van der Waals surface area contributed by atoms with E-state index in [0.29, 0.717) is 0 Å². The van der Waals surface area contributed by atoms with Crippen LogP contribution in [0.3, 0.4) is 0 Å². The predicted molar refractivity (Wildman–Crippen MR) is 43.7 cm³/mol. The first kappa shape index (κ1) is 11.0. The molecular formula is C8H14O4. The van der Waals surface area contributed by atoms with Gasteiger partial charge in [-0.25, -0.2) is 4.79 Å². The summed E-state index contributed by atoms with van der Waals surface area (Å²) >= 11 is 0. The van der Waals surface area contributed by atoms with E-state index in [4.69, 9.17) is 5.26 Å². The molecule has 0 aromatic heterocycles. The Kier molecular flexibility index (Phi) is 4.36. The summed E-state index contributed by atoms with van der Waals surface area (Å²) < 4.78 is 4.39. The van der Waals surface area contributed by atoms with Crippen LogP contribution in [0.1, 0.15) is 20.8 Å². The van der Waals surface area contributed by atoms with Crippen molar-refractivity contribution in [3.8, 4) is 0 Å². The Morgan fingerprint density at radius 2 is 2.08 bits per heavy atom. The average Bonchev–Trinajstić information content (AvgIpc) is 1.96. The molecule has 0 spiro atoms. The van der Waals surface area contributed by atoms with Crippen molar-refractivity contribution in [3.05, 3.63) is 12.2 Å². The number of hydrogen-bond acceptors (Lipinski definition) is 4. The number of hydrogen-bond donors (Lipinski definition) is 1. The van der Waals surface area contributed by atoms with Crippen LogP contribution >= 0.6 is 0 Å². The average molecular weight is 174 g/mol. The van der Waals surface area contributed by atoms with Crippen molar-refractivity contribution >= 4 is 6.16 Å². The summed E-state index contributed by atoms with van der Waals surface area (Å²) in [6, 6.07) is 0. The first-order valence-corrected chi connectivity index (χ1v) is 3.61. The van der Waals surface area contributed by atoms with E-state index >= 15 is 0 Å². The monoisotopic (exact) mass is 174 g/mol. The van der Waals surface area contributed by atoms with Crippen molar-refractivity contribution in [1.29, 1.82) is 0 Å². The predicted octanol–water partition coefficient (Wildman–Crippen LogP) is 2.21. The Morgan fingerprint density at radius 1 is 1.50 bits per heavy atom. The molecule has 0 aromatic carbocycles. The Morgan fingerprint density at radius 3 is 2.50 bits per heavy atom. The second-order valence-electron chi connectivity index (χ2n) is 3.42. The highest BCUT2D eigenvalue weighted by molar-refractivity contribution is 5.58. The maximum Gasteiger partial charge on any atom is 0.540 e. The van der Waals surface area contributed by atoms with Gasteiger partial charge in [-0.15, -0.1) is 0 Å². The van der Waals surface area contributed by atoms with Crippen LogP contribution < -0.4 is 0 Å². The maximum absolute atomic E-state index is 10.2. The van der Waals surface area contributed by atoms with Crippen molar-refractivity contribution in [2.75, 3.05) is 6.61 Å². The molecule has 0 unspecified atom stereocenters. The Hall–Kier alpha value is -1.03. The quantitative estimate of drug-likeness (QED) is 0.302. The van der Waals surface area contributed by atoms with Gasteiger partial charge in [0, 0.05) is 0 Å². The van der Waals surface area contributed by atoms with E-state index < -0.39 is 6.16 Å². The van der Waals surface area contributed by atoms with Crippen LogP contribution in [0.5, 0.6) is 0 Å². The highest BCUT2D eigenvalue weighted by Gasteiger charge is 2.04. The highest BCUT2D eigenvalue weighted by atomic mass is 17.1. The number of allylic oxidation sites excluding steroid dienone is 1. The van der Waals surface area contributed by atoms with Crippen molar-refractivity contribution in [2.24, 2.45) is 5.41 Å². The summed E-state index contributed by atoms with van der Waals surface area (Å²) in [5.74, 6) is 0. The van der Waals surface area contributed by atoms with Gasteiger partial charge >= 0.3 is 6.16 Å². The zero-order valence-corrected chi connectivity index (χ0v) is 7.53. The van der Waals surface area contributed by atoms with E-state index in [-0.39, 0.29) is 12.0 Å². The van der Waals surface area contributed by atoms with Crippen LogP contribution in [0.2, 0.25) is 0 Å². The normalized spacial score (nSPS) is 11.7. The maximum atomic E-state index is 10.2. The molecule has 4 heteroatoms. The fraction of sp³-hybridized carbons (Fsp3) is 0.625. The van der Waals surface area contributed by atoms with Gasteiger partial charge < -0.3 is 4.74 Å². The van der Waals surface area contributed by atoms with E-state index in [0.717, 1.165) is 0 Å². The molecule has 0 aliphatic rings. The van der Waals surface area contributed by atoms with E-state index in [9.17, 15) is 4.79 Å². The van der Waals surface area contributed by atoms with Crippen molar-refractivity contribution < 1.29 is 19.7 Å². The molecule has 0 aliphatic heterocycles. The van der Waals surface area contributed by atoms with Crippen LogP contribution in [-0.4, -0.2) is 18.0 Å². The lowest BCUT2D eigenvalue weighted by molar-refractivity contribution is -0.199. The molecule has 0 radical (unpaired) electrons. The lowest BCUT2D eigenvalue weighted by Gasteiger charge is -2.10. The third-order valence-electron chi connectivity index (χ3n) is 0.990. The summed E-state index contributed by atoms with van der Waals surface area (Å²) in [7, 11) is 0. The SMILES string of the molecule is CC(C)(C)C=CCOC(=O)OO. The standard InChI is InChI=1S/C8H14O4/c1-8(2,3)5-4-6-11-7(9)12-10/h4-5,10H,6H2,1-3H3. The van der Waals surface area contributed by atoms with Gasteiger partial charge in [0.25, 0.3) is 0 Å². The minimum atomic E-state index is -1.09. The molecule has 0 saturated carbocycles. The van der Waals surface area contributed by atoms with Gasteiger partial charge in [0.1, 0.15) is 6.61 Å². The molecule has 70 valence electrons. The first-order chi connectivity index (χ1) is 5.45. The molecule has 0 rings (SSSR count). The Labute approximate surface area is 71.7 Å². The third-order valence-corrected chi connectivity index (χ3v) is 0.990. The van der Waals surface area contributed by atoms with Crippen LogP contribution in [-0.2, 0) is 9.62 Å². The molecule has 0 saturated heterocycles. The molecular weight excluding hydrogens is 160 g/mol.